The molecule has 0 saturated carbocycles. The van der Waals surface area contributed by atoms with Crippen LogP contribution in [0, 0.1) is 0 Å². The van der Waals surface area contributed by atoms with Crippen molar-refractivity contribution >= 4 is 13.3 Å². The molecule has 0 bridgehead atoms. The Morgan fingerprint density at radius 2 is 1.46 bits per heavy atom. The van der Waals surface area contributed by atoms with Crippen LogP contribution in [0.2, 0.25) is 0 Å². The van der Waals surface area contributed by atoms with Gasteiger partial charge in [0, 0.05) is 0 Å². The van der Waals surface area contributed by atoms with Gasteiger partial charge in [0.15, 0.2) is 0 Å². The van der Waals surface area contributed by atoms with Gasteiger partial charge in [-0.25, -0.2) is 0 Å². The largest absolute Gasteiger partial charge is 0.870 e. The van der Waals surface area contributed by atoms with Gasteiger partial charge < -0.3 is 11.0 Å². The molecular weight excluding hydrogens is 184 g/mol. The Balaban J connectivity index is 0. The number of alkyl halides is 3. The van der Waals surface area contributed by atoms with E-state index < -0.39 is 11.7 Å². The number of benzene rings is 1. The summed E-state index contributed by atoms with van der Waals surface area (Å²) in [5, 5.41) is 0. The third kappa shape index (κ3) is 3.48. The summed E-state index contributed by atoms with van der Waals surface area (Å²) >= 11 is 0. The van der Waals surface area contributed by atoms with Gasteiger partial charge in [-0.05, 0) is 0 Å². The third-order valence-electron chi connectivity index (χ3n) is 1.27. The zero-order chi connectivity index (χ0) is 8.48. The molecule has 2 nitrogen and oxygen atoms in total. The summed E-state index contributed by atoms with van der Waals surface area (Å²) in [5.41, 5.74) is -1.01. The molecule has 1 aromatic rings. The maximum atomic E-state index is 12.0. The number of hydrogen-bond acceptors (Lipinski definition) is 2. The minimum Gasteiger partial charge on any atom is -0.870 e. The van der Waals surface area contributed by atoms with Gasteiger partial charge in [0.25, 0.3) is 0 Å². The van der Waals surface area contributed by atoms with Crippen LogP contribution in [0.3, 0.4) is 0 Å². The predicted octanol–water partition coefficient (Wildman–Crippen LogP) is 1.15. The monoisotopic (exact) mass is 190 g/mol. The Labute approximate surface area is 74.4 Å². The van der Waals surface area contributed by atoms with Gasteiger partial charge in [-0.3, -0.25) is 0 Å². The summed E-state index contributed by atoms with van der Waals surface area (Å²) in [4.78, 5) is 0. The standard InChI is InChI=1S/C7H4BF3.2H2O/c8-6-4-2-1-3-5(6)7(9,10)11;;/h1-4H;2*1H2/q+2;;/p-2. The van der Waals surface area contributed by atoms with Crippen molar-refractivity contribution in [2.75, 3.05) is 0 Å². The molecule has 0 aliphatic carbocycles. The zero-order valence-corrected chi connectivity index (χ0v) is 6.42. The number of halogens is 3. The van der Waals surface area contributed by atoms with E-state index in [-0.39, 0.29) is 16.4 Å². The first-order valence-corrected chi connectivity index (χ1v) is 2.93. The molecule has 0 fully saturated rings. The first-order chi connectivity index (χ1) is 5.02. The summed E-state index contributed by atoms with van der Waals surface area (Å²) in [6.07, 6.45) is -4.34. The van der Waals surface area contributed by atoms with E-state index in [1.165, 1.54) is 18.2 Å². The van der Waals surface area contributed by atoms with Crippen molar-refractivity contribution in [1.29, 1.82) is 0 Å². The van der Waals surface area contributed by atoms with Gasteiger partial charge in [-0.1, -0.05) is 0 Å². The molecule has 1 rings (SSSR count). The van der Waals surface area contributed by atoms with E-state index >= 15 is 0 Å². The number of rotatable bonds is 0. The Bertz CT molecular complexity index is 262. The Morgan fingerprint density at radius 3 is 1.77 bits per heavy atom. The van der Waals surface area contributed by atoms with Gasteiger partial charge in [-0.15, -0.1) is 0 Å². The molecule has 0 aliphatic heterocycles. The van der Waals surface area contributed by atoms with Crippen LogP contribution in [0.15, 0.2) is 24.3 Å². The first kappa shape index (κ1) is 14.5. The molecule has 2 N–H and O–H groups in total. The van der Waals surface area contributed by atoms with Gasteiger partial charge in [-0.2, -0.15) is 0 Å². The molecule has 0 aliphatic rings. The first-order valence-electron chi connectivity index (χ1n) is 2.93. The van der Waals surface area contributed by atoms with E-state index in [9.17, 15) is 13.2 Å². The fourth-order valence-electron chi connectivity index (χ4n) is 0.755. The van der Waals surface area contributed by atoms with Crippen LogP contribution < -0.4 is 5.46 Å². The summed E-state index contributed by atoms with van der Waals surface area (Å²) < 4.78 is 35.9. The Hall–Kier alpha value is -1.01. The minimum absolute atomic E-state index is 0. The van der Waals surface area contributed by atoms with Gasteiger partial charge in [0.2, 0.25) is 0 Å². The van der Waals surface area contributed by atoms with E-state index in [1.54, 1.807) is 0 Å². The smallest absolute Gasteiger partial charge is 0.870 e. The van der Waals surface area contributed by atoms with Crippen LogP contribution in [0.1, 0.15) is 5.56 Å². The Morgan fingerprint density at radius 1 is 1.00 bits per heavy atom. The molecule has 13 heavy (non-hydrogen) atoms. The molecular formula is C7H6BF3O2. The Kier molecular flexibility index (Phi) is 5.45. The van der Waals surface area contributed by atoms with E-state index in [1.807, 2.05) is 0 Å². The van der Waals surface area contributed by atoms with Crippen molar-refractivity contribution in [3.05, 3.63) is 29.8 Å². The minimum atomic E-state index is -4.34. The summed E-state index contributed by atoms with van der Waals surface area (Å²) in [6, 6.07) is 4.95. The molecule has 70 valence electrons. The van der Waals surface area contributed by atoms with Crippen LogP contribution in [-0.2, 0) is 6.18 Å². The molecule has 0 spiro atoms. The summed E-state index contributed by atoms with van der Waals surface area (Å²) in [6.45, 7) is 0. The molecule has 0 amide bonds. The fraction of sp³-hybridized carbons (Fsp3) is 0.143. The van der Waals surface area contributed by atoms with Crippen molar-refractivity contribution in [1.82, 2.24) is 0 Å². The molecule has 6 heteroatoms. The average Bonchev–Trinajstić information content (AvgIpc) is 1.86. The molecule has 0 heterocycles. The maximum Gasteiger partial charge on any atom is -0.870 e. The fourth-order valence-corrected chi connectivity index (χ4v) is 0.755. The van der Waals surface area contributed by atoms with Crippen molar-refractivity contribution in [2.45, 2.75) is 6.18 Å². The predicted molar refractivity (Wildman–Crippen MR) is 40.7 cm³/mol. The normalized spacial score (nSPS) is 9.92. The van der Waals surface area contributed by atoms with Gasteiger partial charge in [0.05, 0.1) is 0 Å². The molecule has 1 aromatic carbocycles. The van der Waals surface area contributed by atoms with Crippen LogP contribution in [0.5, 0.6) is 0 Å². The SMILES string of the molecule is [B+2]c1ccccc1C(F)(F)F.[OH-].[OH-]. The van der Waals surface area contributed by atoms with E-state index in [0.29, 0.717) is 0 Å². The molecule has 0 radical (unpaired) electrons. The van der Waals surface area contributed by atoms with Gasteiger partial charge >= 0.3 is 62.5 Å². The van der Waals surface area contributed by atoms with E-state index in [4.69, 9.17) is 7.85 Å². The molecule has 0 saturated heterocycles. The summed E-state index contributed by atoms with van der Waals surface area (Å²) in [7, 11) is 5.09. The quantitative estimate of drug-likeness (QED) is 0.575. The average molecular weight is 190 g/mol. The van der Waals surface area contributed by atoms with Crippen LogP contribution in [0.25, 0.3) is 0 Å². The van der Waals surface area contributed by atoms with Crippen molar-refractivity contribution in [2.24, 2.45) is 0 Å². The topological polar surface area (TPSA) is 60.0 Å². The zero-order valence-electron chi connectivity index (χ0n) is 6.42. The number of hydrogen-bond donors (Lipinski definition) is 0. The molecule has 0 atom stereocenters. The summed E-state index contributed by atoms with van der Waals surface area (Å²) in [5.74, 6) is 0. The van der Waals surface area contributed by atoms with Crippen molar-refractivity contribution < 1.29 is 24.1 Å². The second kappa shape index (κ2) is 4.88. The van der Waals surface area contributed by atoms with Crippen molar-refractivity contribution in [3.8, 4) is 0 Å². The van der Waals surface area contributed by atoms with Crippen LogP contribution >= 0.6 is 0 Å². The van der Waals surface area contributed by atoms with E-state index in [2.05, 4.69) is 0 Å². The van der Waals surface area contributed by atoms with Gasteiger partial charge in [0.1, 0.15) is 0 Å². The van der Waals surface area contributed by atoms with E-state index in [0.717, 1.165) is 6.07 Å². The third-order valence-corrected chi connectivity index (χ3v) is 1.27. The second-order valence-corrected chi connectivity index (χ2v) is 2.09. The van der Waals surface area contributed by atoms with Crippen molar-refractivity contribution in [3.63, 3.8) is 0 Å². The second-order valence-electron chi connectivity index (χ2n) is 2.09. The van der Waals surface area contributed by atoms with Crippen LogP contribution in [0.4, 0.5) is 13.2 Å². The molecule has 0 aromatic heterocycles. The molecule has 0 unspecified atom stereocenters. The van der Waals surface area contributed by atoms with Crippen LogP contribution in [-0.4, -0.2) is 18.8 Å². The maximum absolute atomic E-state index is 12.0.